The Balaban J connectivity index is 1.67. The van der Waals surface area contributed by atoms with E-state index < -0.39 is 5.97 Å². The number of halogens is 2. The summed E-state index contributed by atoms with van der Waals surface area (Å²) >= 11 is 7.00. The summed E-state index contributed by atoms with van der Waals surface area (Å²) in [6, 6.07) is 21.5. The van der Waals surface area contributed by atoms with E-state index in [0.717, 1.165) is 25.6 Å². The fourth-order valence-electron chi connectivity index (χ4n) is 2.89. The quantitative estimate of drug-likeness (QED) is 0.266. The highest BCUT2D eigenvalue weighted by molar-refractivity contribution is 9.10. The van der Waals surface area contributed by atoms with Crippen molar-refractivity contribution in [3.63, 3.8) is 0 Å². The van der Waals surface area contributed by atoms with Crippen molar-refractivity contribution < 1.29 is 14.3 Å². The molecule has 3 rings (SSSR count). The zero-order chi connectivity index (χ0) is 21.0. The van der Waals surface area contributed by atoms with Gasteiger partial charge in [-0.05, 0) is 62.8 Å². The summed E-state index contributed by atoms with van der Waals surface area (Å²) in [6.07, 6.45) is 0. The fourth-order valence-corrected chi connectivity index (χ4v) is 3.75. The van der Waals surface area contributed by atoms with Gasteiger partial charge >= 0.3 is 5.97 Å². The minimum Gasteiger partial charge on any atom is -0.481 e. The van der Waals surface area contributed by atoms with Gasteiger partial charge in [0, 0.05) is 10.0 Å². The maximum absolute atomic E-state index is 12.4. The first-order valence-electron chi connectivity index (χ1n) is 9.22. The van der Waals surface area contributed by atoms with Crippen LogP contribution < -0.4 is 9.47 Å². The Morgan fingerprint density at radius 2 is 1.55 bits per heavy atom. The number of benzene rings is 3. The molecule has 0 heterocycles. The number of carbonyl (C=O) groups excluding carboxylic acids is 1. The molecule has 0 aliphatic rings. The van der Waals surface area contributed by atoms with E-state index in [0.29, 0.717) is 11.5 Å². The Labute approximate surface area is 188 Å². The van der Waals surface area contributed by atoms with Gasteiger partial charge in [0.05, 0.1) is 4.47 Å². The van der Waals surface area contributed by atoms with Gasteiger partial charge in [0.15, 0.2) is 6.61 Å². The second kappa shape index (κ2) is 9.14. The van der Waals surface area contributed by atoms with Crippen LogP contribution in [0.25, 0.3) is 11.1 Å². The predicted octanol–water partition coefficient (Wildman–Crippen LogP) is 7.16. The Hall–Kier alpha value is -2.11. The monoisotopic (exact) mass is 516 g/mol. The topological polar surface area (TPSA) is 35.5 Å². The van der Waals surface area contributed by atoms with Gasteiger partial charge in [0.25, 0.3) is 0 Å². The van der Waals surface area contributed by atoms with Gasteiger partial charge in [0.1, 0.15) is 11.5 Å². The van der Waals surface area contributed by atoms with Crippen molar-refractivity contribution in [2.45, 2.75) is 26.2 Å². The summed E-state index contributed by atoms with van der Waals surface area (Å²) in [5, 5.41) is 0. The third kappa shape index (κ3) is 5.71. The SMILES string of the molecule is CC(C)(C)c1cc(Br)ccc1OC(=O)COc1ccc(-c2ccccc2)cc1Br. The summed E-state index contributed by atoms with van der Waals surface area (Å²) < 4.78 is 13.0. The first kappa shape index (κ1) is 21.6. The molecule has 0 atom stereocenters. The fraction of sp³-hybridized carbons (Fsp3) is 0.208. The summed E-state index contributed by atoms with van der Waals surface area (Å²) in [5.41, 5.74) is 2.98. The third-order valence-electron chi connectivity index (χ3n) is 4.36. The van der Waals surface area contributed by atoms with Crippen LogP contribution in [-0.2, 0) is 10.2 Å². The molecule has 29 heavy (non-hydrogen) atoms. The van der Waals surface area contributed by atoms with Crippen LogP contribution in [0.3, 0.4) is 0 Å². The second-order valence-corrected chi connectivity index (χ2v) is 9.43. The zero-order valence-corrected chi connectivity index (χ0v) is 19.7. The molecule has 0 bridgehead atoms. The lowest BCUT2D eigenvalue weighted by Crippen LogP contribution is -2.21. The highest BCUT2D eigenvalue weighted by Gasteiger charge is 2.21. The van der Waals surface area contributed by atoms with E-state index in [1.54, 1.807) is 6.07 Å². The van der Waals surface area contributed by atoms with E-state index in [-0.39, 0.29) is 12.0 Å². The molecule has 150 valence electrons. The number of rotatable bonds is 5. The number of carbonyl (C=O) groups is 1. The lowest BCUT2D eigenvalue weighted by atomic mass is 9.86. The van der Waals surface area contributed by atoms with Crippen LogP contribution in [-0.4, -0.2) is 12.6 Å². The van der Waals surface area contributed by atoms with Crippen molar-refractivity contribution >= 4 is 37.8 Å². The molecule has 3 nitrogen and oxygen atoms in total. The summed E-state index contributed by atoms with van der Waals surface area (Å²) in [4.78, 5) is 12.4. The molecule has 3 aromatic rings. The first-order chi connectivity index (χ1) is 13.7. The average molecular weight is 518 g/mol. The molecule has 0 saturated carbocycles. The third-order valence-corrected chi connectivity index (χ3v) is 5.47. The van der Waals surface area contributed by atoms with Crippen molar-refractivity contribution in [2.75, 3.05) is 6.61 Å². The number of ether oxygens (including phenoxy) is 2. The highest BCUT2D eigenvalue weighted by Crippen LogP contribution is 2.34. The molecule has 0 amide bonds. The van der Waals surface area contributed by atoms with Crippen LogP contribution in [0.1, 0.15) is 26.3 Å². The Morgan fingerprint density at radius 3 is 2.21 bits per heavy atom. The van der Waals surface area contributed by atoms with E-state index >= 15 is 0 Å². The summed E-state index contributed by atoms with van der Waals surface area (Å²) in [6.45, 7) is 6.05. The van der Waals surface area contributed by atoms with Gasteiger partial charge in [-0.1, -0.05) is 73.1 Å². The molecule has 0 saturated heterocycles. The summed E-state index contributed by atoms with van der Waals surface area (Å²) in [5.74, 6) is 0.693. The molecule has 0 N–H and O–H groups in total. The van der Waals surface area contributed by atoms with Gasteiger partial charge in [-0.25, -0.2) is 4.79 Å². The molecule has 0 fully saturated rings. The van der Waals surface area contributed by atoms with Crippen molar-refractivity contribution in [1.82, 2.24) is 0 Å². The van der Waals surface area contributed by atoms with Crippen LogP contribution in [0.15, 0.2) is 75.7 Å². The Morgan fingerprint density at radius 1 is 0.862 bits per heavy atom. The normalized spacial score (nSPS) is 11.2. The van der Waals surface area contributed by atoms with Gasteiger partial charge in [-0.3, -0.25) is 0 Å². The molecule has 0 radical (unpaired) electrons. The van der Waals surface area contributed by atoms with E-state index in [1.165, 1.54) is 0 Å². The van der Waals surface area contributed by atoms with E-state index in [2.05, 4.69) is 52.6 Å². The maximum atomic E-state index is 12.4. The van der Waals surface area contributed by atoms with Gasteiger partial charge in [-0.15, -0.1) is 0 Å². The number of esters is 1. The minimum absolute atomic E-state index is 0.156. The van der Waals surface area contributed by atoms with Crippen molar-refractivity contribution in [3.8, 4) is 22.6 Å². The number of hydrogen-bond acceptors (Lipinski definition) is 3. The average Bonchev–Trinajstić information content (AvgIpc) is 2.68. The molecular weight excluding hydrogens is 496 g/mol. The van der Waals surface area contributed by atoms with Gasteiger partial charge < -0.3 is 9.47 Å². The lowest BCUT2D eigenvalue weighted by molar-refractivity contribution is -0.136. The lowest BCUT2D eigenvalue weighted by Gasteiger charge is -2.22. The first-order valence-corrected chi connectivity index (χ1v) is 10.8. The molecule has 0 unspecified atom stereocenters. The maximum Gasteiger partial charge on any atom is 0.349 e. The molecule has 0 aromatic heterocycles. The van der Waals surface area contributed by atoms with Crippen LogP contribution in [0.2, 0.25) is 0 Å². The molecule has 5 heteroatoms. The molecule has 0 aliphatic carbocycles. The zero-order valence-electron chi connectivity index (χ0n) is 16.5. The van der Waals surface area contributed by atoms with E-state index in [1.807, 2.05) is 60.7 Å². The molecular formula is C24H22Br2O3. The molecule has 3 aromatic carbocycles. The van der Waals surface area contributed by atoms with Crippen LogP contribution >= 0.6 is 31.9 Å². The smallest absolute Gasteiger partial charge is 0.349 e. The van der Waals surface area contributed by atoms with E-state index in [4.69, 9.17) is 9.47 Å². The largest absolute Gasteiger partial charge is 0.481 e. The minimum atomic E-state index is -0.447. The summed E-state index contributed by atoms with van der Waals surface area (Å²) in [7, 11) is 0. The Bertz CT molecular complexity index is 1010. The number of hydrogen-bond donors (Lipinski definition) is 0. The van der Waals surface area contributed by atoms with Gasteiger partial charge in [0.2, 0.25) is 0 Å². The standard InChI is InChI=1S/C24H22Br2O3/c1-24(2,3)19-14-18(25)10-12-21(19)29-23(27)15-28-22-11-9-17(13-20(22)26)16-7-5-4-6-8-16/h4-14H,15H2,1-3H3. The van der Waals surface area contributed by atoms with Crippen molar-refractivity contribution in [3.05, 3.63) is 81.2 Å². The molecule has 0 aliphatic heterocycles. The van der Waals surface area contributed by atoms with Crippen LogP contribution in [0.5, 0.6) is 11.5 Å². The Kier molecular flexibility index (Phi) is 6.81. The highest BCUT2D eigenvalue weighted by atomic mass is 79.9. The van der Waals surface area contributed by atoms with Crippen LogP contribution in [0.4, 0.5) is 0 Å². The second-order valence-electron chi connectivity index (χ2n) is 7.66. The predicted molar refractivity (Wildman–Crippen MR) is 124 cm³/mol. The van der Waals surface area contributed by atoms with E-state index in [9.17, 15) is 4.79 Å². The van der Waals surface area contributed by atoms with Crippen molar-refractivity contribution in [1.29, 1.82) is 0 Å². The van der Waals surface area contributed by atoms with Gasteiger partial charge in [-0.2, -0.15) is 0 Å². The molecule has 0 spiro atoms. The van der Waals surface area contributed by atoms with Crippen molar-refractivity contribution in [2.24, 2.45) is 0 Å². The van der Waals surface area contributed by atoms with Crippen LogP contribution in [0, 0.1) is 0 Å².